The summed E-state index contributed by atoms with van der Waals surface area (Å²) in [4.78, 5) is 31.3. The fraction of sp³-hybridized carbons (Fsp3) is 0.222. The second kappa shape index (κ2) is 9.82. The summed E-state index contributed by atoms with van der Waals surface area (Å²) in [6.45, 7) is 5.95. The van der Waals surface area contributed by atoms with Crippen LogP contribution in [0.1, 0.15) is 12.8 Å². The highest BCUT2D eigenvalue weighted by molar-refractivity contribution is 5.85. The minimum Gasteiger partial charge on any atom is -0.474 e. The van der Waals surface area contributed by atoms with Crippen LogP contribution in [0.25, 0.3) is 27.6 Å². The number of rotatable bonds is 7. The Balaban J connectivity index is 1.40. The molecule has 0 atom stereocenters. The molecule has 4 aromatic heterocycles. The Bertz CT molecular complexity index is 1650. The summed E-state index contributed by atoms with van der Waals surface area (Å²) in [5.74, 6) is 1.41. The maximum absolute atomic E-state index is 13.3. The van der Waals surface area contributed by atoms with Gasteiger partial charge in [-0.3, -0.25) is 9.78 Å². The third kappa shape index (κ3) is 4.54. The molecular weight excluding hydrogens is 468 g/mol. The molecule has 10 nitrogen and oxygen atoms in total. The van der Waals surface area contributed by atoms with E-state index in [-0.39, 0.29) is 18.2 Å². The van der Waals surface area contributed by atoms with Gasteiger partial charge in [-0.05, 0) is 55.6 Å². The molecular formula is C27H26N8O2. The lowest BCUT2D eigenvalue weighted by Crippen LogP contribution is -2.34. The zero-order valence-corrected chi connectivity index (χ0v) is 20.2. The van der Waals surface area contributed by atoms with Gasteiger partial charge in [0, 0.05) is 35.7 Å². The first-order valence-corrected chi connectivity index (χ1v) is 12.2. The zero-order chi connectivity index (χ0) is 25.2. The largest absolute Gasteiger partial charge is 0.474 e. The molecule has 1 saturated heterocycles. The average molecular weight is 495 g/mol. The van der Waals surface area contributed by atoms with Crippen LogP contribution in [0.5, 0.6) is 5.88 Å². The molecule has 1 aliphatic heterocycles. The molecule has 2 N–H and O–H groups in total. The maximum atomic E-state index is 13.3. The van der Waals surface area contributed by atoms with Gasteiger partial charge in [-0.25, -0.2) is 14.3 Å². The first kappa shape index (κ1) is 22.9. The van der Waals surface area contributed by atoms with E-state index in [2.05, 4.69) is 27.2 Å². The van der Waals surface area contributed by atoms with E-state index >= 15 is 0 Å². The van der Waals surface area contributed by atoms with Crippen molar-refractivity contribution in [2.24, 2.45) is 0 Å². The van der Waals surface area contributed by atoms with Crippen LogP contribution in [0.15, 0.2) is 78.5 Å². The van der Waals surface area contributed by atoms with Crippen LogP contribution in [-0.2, 0) is 6.54 Å². The van der Waals surface area contributed by atoms with Gasteiger partial charge in [0.05, 0.1) is 6.54 Å². The third-order valence-electron chi connectivity index (χ3n) is 6.37. The van der Waals surface area contributed by atoms with E-state index in [1.807, 2.05) is 48.7 Å². The molecule has 0 bridgehead atoms. The molecule has 0 saturated carbocycles. The minimum absolute atomic E-state index is 0.108. The van der Waals surface area contributed by atoms with Crippen molar-refractivity contribution in [1.29, 1.82) is 0 Å². The molecule has 10 heteroatoms. The van der Waals surface area contributed by atoms with E-state index < -0.39 is 0 Å². The lowest BCUT2D eigenvalue weighted by molar-refractivity contribution is 0.156. The summed E-state index contributed by atoms with van der Waals surface area (Å²) in [7, 11) is 0. The van der Waals surface area contributed by atoms with Crippen molar-refractivity contribution < 1.29 is 4.74 Å². The van der Waals surface area contributed by atoms with E-state index in [0.29, 0.717) is 28.7 Å². The molecule has 0 aliphatic carbocycles. The van der Waals surface area contributed by atoms with Crippen molar-refractivity contribution in [3.8, 4) is 11.7 Å². The van der Waals surface area contributed by atoms with Crippen LogP contribution in [-0.4, -0.2) is 48.5 Å². The standard InChI is InChI=1S/C27H26N8O2/c1-2-14-34-26(36)22-17-30-27(31-20-7-6-19-16-29-11-8-18(19)15-20)33-25(22)35(34)23-4-3-5-24(32-23)37-21-9-12-28-13-10-21/h2-8,11,15-17,21,28H,1,9-10,12-14H2,(H,30,31,33). The van der Waals surface area contributed by atoms with Gasteiger partial charge in [0.1, 0.15) is 11.5 Å². The van der Waals surface area contributed by atoms with Crippen LogP contribution >= 0.6 is 0 Å². The van der Waals surface area contributed by atoms with Crippen molar-refractivity contribution >= 4 is 33.4 Å². The van der Waals surface area contributed by atoms with Gasteiger partial charge in [-0.1, -0.05) is 18.2 Å². The van der Waals surface area contributed by atoms with E-state index in [1.165, 1.54) is 0 Å². The van der Waals surface area contributed by atoms with Crippen LogP contribution in [0.3, 0.4) is 0 Å². The Kier molecular flexibility index (Phi) is 6.07. The lowest BCUT2D eigenvalue weighted by atomic mass is 10.1. The number of nitrogens with one attached hydrogen (secondary N) is 2. The van der Waals surface area contributed by atoms with Crippen molar-refractivity contribution in [1.82, 2.24) is 34.6 Å². The molecule has 1 aliphatic rings. The minimum atomic E-state index is -0.217. The molecule has 0 spiro atoms. The summed E-state index contributed by atoms with van der Waals surface area (Å²) >= 11 is 0. The van der Waals surface area contributed by atoms with E-state index in [0.717, 1.165) is 42.4 Å². The predicted molar refractivity (Wildman–Crippen MR) is 143 cm³/mol. The van der Waals surface area contributed by atoms with Gasteiger partial charge in [0.25, 0.3) is 5.56 Å². The number of allylic oxidation sites excluding steroid dienone is 1. The molecule has 1 fully saturated rings. The first-order valence-electron chi connectivity index (χ1n) is 12.2. The number of nitrogens with zero attached hydrogens (tertiary/aromatic N) is 6. The molecule has 0 unspecified atom stereocenters. The van der Waals surface area contributed by atoms with Gasteiger partial charge in [0.2, 0.25) is 11.8 Å². The quantitative estimate of drug-likeness (QED) is 0.330. The number of anilines is 2. The molecule has 0 radical (unpaired) electrons. The molecule has 5 aromatic rings. The highest BCUT2D eigenvalue weighted by Gasteiger charge is 2.20. The molecule has 1 aromatic carbocycles. The second-order valence-corrected chi connectivity index (χ2v) is 8.88. The highest BCUT2D eigenvalue weighted by Crippen LogP contribution is 2.23. The summed E-state index contributed by atoms with van der Waals surface area (Å²) in [5.41, 5.74) is 1.06. The van der Waals surface area contributed by atoms with Crippen LogP contribution < -0.4 is 20.9 Å². The van der Waals surface area contributed by atoms with Crippen molar-refractivity contribution in [3.05, 3.63) is 84.1 Å². The van der Waals surface area contributed by atoms with Crippen molar-refractivity contribution in [2.45, 2.75) is 25.5 Å². The first-order chi connectivity index (χ1) is 18.2. The Morgan fingerprint density at radius 2 is 2.00 bits per heavy atom. The molecule has 186 valence electrons. The topological polar surface area (TPSA) is 112 Å². The Morgan fingerprint density at radius 3 is 2.86 bits per heavy atom. The Hall–Kier alpha value is -4.57. The Labute approximate surface area is 212 Å². The normalized spacial score (nSPS) is 14.2. The van der Waals surface area contributed by atoms with Gasteiger partial charge in [0.15, 0.2) is 11.5 Å². The van der Waals surface area contributed by atoms with Gasteiger partial charge < -0.3 is 15.4 Å². The van der Waals surface area contributed by atoms with Crippen LogP contribution in [0, 0.1) is 0 Å². The monoisotopic (exact) mass is 494 g/mol. The van der Waals surface area contributed by atoms with E-state index in [1.54, 1.807) is 27.8 Å². The fourth-order valence-corrected chi connectivity index (χ4v) is 4.57. The fourth-order valence-electron chi connectivity index (χ4n) is 4.57. The third-order valence-corrected chi connectivity index (χ3v) is 6.37. The van der Waals surface area contributed by atoms with Crippen molar-refractivity contribution in [2.75, 3.05) is 18.4 Å². The number of hydrogen-bond donors (Lipinski definition) is 2. The molecule has 0 amide bonds. The van der Waals surface area contributed by atoms with Crippen LogP contribution in [0.4, 0.5) is 11.6 Å². The Morgan fingerprint density at radius 1 is 1.11 bits per heavy atom. The lowest BCUT2D eigenvalue weighted by Gasteiger charge is -2.23. The number of benzene rings is 1. The molecule has 5 heterocycles. The van der Waals surface area contributed by atoms with Crippen molar-refractivity contribution in [3.63, 3.8) is 0 Å². The molecule has 37 heavy (non-hydrogen) atoms. The number of piperidine rings is 1. The highest BCUT2D eigenvalue weighted by atomic mass is 16.5. The number of aromatic nitrogens is 6. The summed E-state index contributed by atoms with van der Waals surface area (Å²) < 4.78 is 9.41. The van der Waals surface area contributed by atoms with Gasteiger partial charge in [-0.2, -0.15) is 9.97 Å². The van der Waals surface area contributed by atoms with E-state index in [4.69, 9.17) is 14.7 Å². The van der Waals surface area contributed by atoms with E-state index in [9.17, 15) is 4.79 Å². The second-order valence-electron chi connectivity index (χ2n) is 8.88. The smallest absolute Gasteiger partial charge is 0.278 e. The van der Waals surface area contributed by atoms with Crippen LogP contribution in [0.2, 0.25) is 0 Å². The van der Waals surface area contributed by atoms with Gasteiger partial charge in [-0.15, -0.1) is 6.58 Å². The number of hydrogen-bond acceptors (Lipinski definition) is 8. The summed E-state index contributed by atoms with van der Waals surface area (Å²) in [6.07, 6.45) is 8.74. The zero-order valence-electron chi connectivity index (χ0n) is 20.2. The number of ether oxygens (including phenoxy) is 1. The average Bonchev–Trinajstić information content (AvgIpc) is 3.20. The van der Waals surface area contributed by atoms with Gasteiger partial charge >= 0.3 is 0 Å². The molecule has 6 rings (SSSR count). The summed E-state index contributed by atoms with van der Waals surface area (Å²) in [6, 6.07) is 13.4. The maximum Gasteiger partial charge on any atom is 0.278 e. The SMILES string of the molecule is C=CCn1c(=O)c2cnc(Nc3ccc4cnccc4c3)nc2n1-c1cccc(OC2CCNCC2)n1. The summed E-state index contributed by atoms with van der Waals surface area (Å²) in [5, 5.41) is 9.07. The predicted octanol–water partition coefficient (Wildman–Crippen LogP) is 3.59. The number of pyridine rings is 2. The number of fused-ring (bicyclic) bond motifs is 2.